The van der Waals surface area contributed by atoms with Gasteiger partial charge in [-0.1, -0.05) is 6.07 Å². The van der Waals surface area contributed by atoms with Gasteiger partial charge in [-0.2, -0.15) is 11.8 Å². The van der Waals surface area contributed by atoms with E-state index in [9.17, 15) is 4.79 Å². The molecule has 112 valence electrons. The highest BCUT2D eigenvalue weighted by atomic mass is 32.2. The lowest BCUT2D eigenvalue weighted by atomic mass is 10.3. The van der Waals surface area contributed by atoms with Crippen LogP contribution in [-0.4, -0.2) is 38.6 Å². The van der Waals surface area contributed by atoms with Crippen LogP contribution in [0.1, 0.15) is 25.1 Å². The predicted octanol–water partition coefficient (Wildman–Crippen LogP) is 1.92. The number of carbonyl (C=O) groups is 1. The summed E-state index contributed by atoms with van der Waals surface area (Å²) >= 11 is 1.75. The van der Waals surface area contributed by atoms with Gasteiger partial charge >= 0.3 is 0 Å². The van der Waals surface area contributed by atoms with Crippen molar-refractivity contribution < 1.29 is 4.79 Å². The van der Waals surface area contributed by atoms with Gasteiger partial charge in [-0.3, -0.25) is 9.20 Å². The Labute approximate surface area is 128 Å². The number of hydrogen-bond donors (Lipinski definition) is 1. The maximum absolute atomic E-state index is 11.7. The summed E-state index contributed by atoms with van der Waals surface area (Å²) in [5.41, 5.74) is 0.869. The van der Waals surface area contributed by atoms with Gasteiger partial charge in [0.25, 0.3) is 0 Å². The van der Waals surface area contributed by atoms with Crippen LogP contribution < -0.4 is 5.32 Å². The first-order valence-corrected chi connectivity index (χ1v) is 8.61. The van der Waals surface area contributed by atoms with Gasteiger partial charge < -0.3 is 5.32 Å². The molecule has 5 nitrogen and oxygen atoms in total. The van der Waals surface area contributed by atoms with E-state index < -0.39 is 0 Å². The van der Waals surface area contributed by atoms with Crippen molar-refractivity contribution in [2.24, 2.45) is 5.92 Å². The van der Waals surface area contributed by atoms with Crippen molar-refractivity contribution >= 4 is 23.3 Å². The highest BCUT2D eigenvalue weighted by molar-refractivity contribution is 7.99. The highest BCUT2D eigenvalue weighted by Gasteiger charge is 2.21. The lowest BCUT2D eigenvalue weighted by Gasteiger charge is -2.04. The van der Waals surface area contributed by atoms with E-state index in [1.807, 2.05) is 28.8 Å². The molecule has 2 heterocycles. The van der Waals surface area contributed by atoms with Gasteiger partial charge in [-0.05, 0) is 43.1 Å². The summed E-state index contributed by atoms with van der Waals surface area (Å²) in [6.45, 7) is 0.699. The molecule has 0 aliphatic heterocycles. The highest BCUT2D eigenvalue weighted by Crippen LogP contribution is 2.32. The van der Waals surface area contributed by atoms with Crippen molar-refractivity contribution in [1.29, 1.82) is 0 Å². The number of thioether (sulfide) groups is 1. The molecule has 21 heavy (non-hydrogen) atoms. The maximum atomic E-state index is 11.7. The molecule has 2 aromatic heterocycles. The van der Waals surface area contributed by atoms with Crippen LogP contribution in [0, 0.1) is 5.92 Å². The maximum Gasteiger partial charge on any atom is 0.229 e. The molecule has 1 aliphatic rings. The van der Waals surface area contributed by atoms with Gasteiger partial charge in [-0.25, -0.2) is 0 Å². The fourth-order valence-electron chi connectivity index (χ4n) is 2.19. The minimum Gasteiger partial charge on any atom is -0.355 e. The number of fused-ring (bicyclic) bond motifs is 1. The third-order valence-electron chi connectivity index (χ3n) is 3.57. The second kappa shape index (κ2) is 6.93. The Morgan fingerprint density at radius 1 is 1.38 bits per heavy atom. The molecule has 0 bridgehead atoms. The molecule has 6 heteroatoms. The Balaban J connectivity index is 1.34. The molecule has 0 radical (unpaired) electrons. The summed E-state index contributed by atoms with van der Waals surface area (Å²) in [7, 11) is 0. The zero-order valence-electron chi connectivity index (χ0n) is 12.0. The molecule has 0 atom stereocenters. The van der Waals surface area contributed by atoms with Crippen LogP contribution in [0.3, 0.4) is 0 Å². The first-order valence-electron chi connectivity index (χ1n) is 7.46. The van der Waals surface area contributed by atoms with E-state index in [1.54, 1.807) is 11.8 Å². The number of hydrogen-bond acceptors (Lipinski definition) is 4. The van der Waals surface area contributed by atoms with Crippen molar-refractivity contribution in [3.8, 4) is 0 Å². The molecule has 1 fully saturated rings. The molecule has 0 aromatic carbocycles. The molecule has 1 saturated carbocycles. The molecule has 0 unspecified atom stereocenters. The lowest BCUT2D eigenvalue weighted by Crippen LogP contribution is -2.26. The minimum atomic E-state index is 0.145. The van der Waals surface area contributed by atoms with Gasteiger partial charge in [0.15, 0.2) is 5.65 Å². The first-order chi connectivity index (χ1) is 10.3. The number of nitrogens with one attached hydrogen (secondary N) is 1. The van der Waals surface area contributed by atoms with E-state index in [2.05, 4.69) is 15.5 Å². The third-order valence-corrected chi connectivity index (χ3v) is 4.74. The van der Waals surface area contributed by atoms with Crippen LogP contribution in [0.5, 0.6) is 0 Å². The monoisotopic (exact) mass is 304 g/mol. The Bertz CT molecular complexity index is 608. The number of amides is 1. The molecule has 0 saturated heterocycles. The second-order valence-corrected chi connectivity index (χ2v) is 6.49. The fraction of sp³-hybridized carbons (Fsp3) is 0.533. The summed E-state index contributed by atoms with van der Waals surface area (Å²) in [6.07, 6.45) is 6.37. The van der Waals surface area contributed by atoms with Crippen molar-refractivity contribution in [1.82, 2.24) is 19.9 Å². The number of carbonyl (C=O) groups excluding carboxylic acids is 1. The van der Waals surface area contributed by atoms with E-state index in [4.69, 9.17) is 0 Å². The van der Waals surface area contributed by atoms with Gasteiger partial charge in [0.05, 0.1) is 5.75 Å². The quantitative estimate of drug-likeness (QED) is 0.757. The van der Waals surface area contributed by atoms with E-state index in [1.165, 1.54) is 12.8 Å². The average Bonchev–Trinajstić information content (AvgIpc) is 3.23. The third kappa shape index (κ3) is 4.20. The van der Waals surface area contributed by atoms with Gasteiger partial charge in [0.2, 0.25) is 5.91 Å². The normalized spacial score (nSPS) is 14.5. The second-order valence-electron chi connectivity index (χ2n) is 5.46. The number of pyridine rings is 1. The van der Waals surface area contributed by atoms with Gasteiger partial charge in [0, 0.05) is 19.2 Å². The largest absolute Gasteiger partial charge is 0.355 e. The Kier molecular flexibility index (Phi) is 4.75. The Morgan fingerprint density at radius 3 is 3.14 bits per heavy atom. The van der Waals surface area contributed by atoms with Crippen molar-refractivity contribution in [3.63, 3.8) is 0 Å². The van der Waals surface area contributed by atoms with Crippen molar-refractivity contribution in [2.75, 3.05) is 18.1 Å². The van der Waals surface area contributed by atoms with Gasteiger partial charge in [-0.15, -0.1) is 10.2 Å². The minimum absolute atomic E-state index is 0.145. The molecule has 1 amide bonds. The zero-order chi connectivity index (χ0) is 14.5. The van der Waals surface area contributed by atoms with Crippen LogP contribution in [-0.2, 0) is 11.2 Å². The smallest absolute Gasteiger partial charge is 0.229 e. The van der Waals surface area contributed by atoms with E-state index >= 15 is 0 Å². The zero-order valence-corrected chi connectivity index (χ0v) is 12.8. The topological polar surface area (TPSA) is 59.3 Å². The average molecular weight is 304 g/mol. The standard InChI is InChI=1S/C15H20N4OS/c20-15(11-21-10-12-6-7-12)16-8-3-5-14-18-17-13-4-1-2-9-19(13)14/h1-2,4,9,12H,3,5-8,10-11H2,(H,16,20). The summed E-state index contributed by atoms with van der Waals surface area (Å²) in [5.74, 6) is 3.70. The summed E-state index contributed by atoms with van der Waals surface area (Å²) in [6, 6.07) is 5.86. The van der Waals surface area contributed by atoms with E-state index in [-0.39, 0.29) is 5.91 Å². The lowest BCUT2D eigenvalue weighted by molar-refractivity contribution is -0.118. The van der Waals surface area contributed by atoms with Crippen molar-refractivity contribution in [3.05, 3.63) is 30.2 Å². The predicted molar refractivity (Wildman–Crippen MR) is 84.4 cm³/mol. The van der Waals surface area contributed by atoms with Crippen LogP contribution in [0.15, 0.2) is 24.4 Å². The van der Waals surface area contributed by atoms with E-state index in [0.717, 1.165) is 36.0 Å². The Hall–Kier alpha value is -1.56. The van der Waals surface area contributed by atoms with Crippen LogP contribution in [0.4, 0.5) is 0 Å². The molecule has 0 spiro atoms. The molecular weight excluding hydrogens is 284 g/mol. The van der Waals surface area contributed by atoms with Crippen molar-refractivity contribution in [2.45, 2.75) is 25.7 Å². The van der Waals surface area contributed by atoms with Crippen LogP contribution >= 0.6 is 11.8 Å². The SMILES string of the molecule is O=C(CSCC1CC1)NCCCc1nnc2ccccn12. The summed E-state index contributed by atoms with van der Waals surface area (Å²) in [5, 5.41) is 11.3. The molecule has 1 aliphatic carbocycles. The number of rotatable bonds is 8. The number of nitrogens with zero attached hydrogens (tertiary/aromatic N) is 3. The summed E-state index contributed by atoms with van der Waals surface area (Å²) in [4.78, 5) is 11.7. The number of aromatic nitrogens is 3. The first kappa shape index (κ1) is 14.4. The Morgan fingerprint density at radius 2 is 2.29 bits per heavy atom. The molecule has 3 rings (SSSR count). The van der Waals surface area contributed by atoms with Crippen LogP contribution in [0.2, 0.25) is 0 Å². The molecule has 1 N–H and O–H groups in total. The van der Waals surface area contributed by atoms with Crippen LogP contribution in [0.25, 0.3) is 5.65 Å². The molecular formula is C15H20N4OS. The summed E-state index contributed by atoms with van der Waals surface area (Å²) < 4.78 is 1.99. The van der Waals surface area contributed by atoms with E-state index in [0.29, 0.717) is 12.3 Å². The fourth-order valence-corrected chi connectivity index (χ4v) is 3.26. The molecule has 2 aromatic rings. The van der Waals surface area contributed by atoms with Gasteiger partial charge in [0.1, 0.15) is 5.82 Å². The number of aryl methyl sites for hydroxylation is 1.